The van der Waals surface area contributed by atoms with Crippen LogP contribution in [0.2, 0.25) is 0 Å². The van der Waals surface area contributed by atoms with Gasteiger partial charge >= 0.3 is 0 Å². The number of benzene rings is 1. The van der Waals surface area contributed by atoms with Gasteiger partial charge in [-0.2, -0.15) is 0 Å². The number of anilines is 1. The van der Waals surface area contributed by atoms with E-state index in [1.807, 2.05) is 50.2 Å². The zero-order chi connectivity index (χ0) is 16.2. The number of amides is 1. The molecule has 6 heteroatoms. The normalized spacial score (nSPS) is 12.3. The van der Waals surface area contributed by atoms with Gasteiger partial charge in [-0.25, -0.2) is 9.97 Å². The summed E-state index contributed by atoms with van der Waals surface area (Å²) in [6.45, 7) is 4.00. The second kappa shape index (κ2) is 6.83. The van der Waals surface area contributed by atoms with E-state index < -0.39 is 0 Å². The third-order valence-corrected chi connectivity index (χ3v) is 4.69. The monoisotopic (exact) mass is 326 g/mol. The van der Waals surface area contributed by atoms with Crippen molar-refractivity contribution in [3.8, 4) is 0 Å². The van der Waals surface area contributed by atoms with E-state index in [4.69, 9.17) is 0 Å². The molecule has 1 atom stereocenters. The first-order chi connectivity index (χ1) is 11.2. The van der Waals surface area contributed by atoms with Crippen LogP contribution >= 0.6 is 11.8 Å². The summed E-state index contributed by atoms with van der Waals surface area (Å²) in [7, 11) is 0. The molecule has 0 aliphatic heterocycles. The summed E-state index contributed by atoms with van der Waals surface area (Å²) in [6.07, 6.45) is 2.42. The molecule has 1 aromatic carbocycles. The second-order valence-electron chi connectivity index (χ2n) is 5.29. The van der Waals surface area contributed by atoms with Gasteiger partial charge in [0.05, 0.1) is 10.8 Å². The SMILES string of the molecule is CC[C@@H](Sc1nc2ncccc2[nH]1)C(=O)Nc1cccc(C)c1. The Labute approximate surface area is 138 Å². The number of carbonyl (C=O) groups is 1. The maximum atomic E-state index is 12.5. The molecule has 2 N–H and O–H groups in total. The van der Waals surface area contributed by atoms with Gasteiger partial charge in [0.1, 0.15) is 0 Å². The number of imidazole rings is 1. The summed E-state index contributed by atoms with van der Waals surface area (Å²) in [5.41, 5.74) is 3.49. The van der Waals surface area contributed by atoms with Gasteiger partial charge in [0.25, 0.3) is 0 Å². The number of aromatic nitrogens is 3. The zero-order valence-corrected chi connectivity index (χ0v) is 13.9. The number of fused-ring (bicyclic) bond motifs is 1. The first-order valence-corrected chi connectivity index (χ1v) is 8.38. The van der Waals surface area contributed by atoms with Gasteiger partial charge in [-0.05, 0) is 43.2 Å². The molecule has 2 heterocycles. The Morgan fingerprint density at radius 3 is 2.96 bits per heavy atom. The predicted molar refractivity (Wildman–Crippen MR) is 93.6 cm³/mol. The van der Waals surface area contributed by atoms with Crippen molar-refractivity contribution in [3.05, 3.63) is 48.2 Å². The summed E-state index contributed by atoms with van der Waals surface area (Å²) in [5.74, 6) is -0.0171. The summed E-state index contributed by atoms with van der Waals surface area (Å²) in [4.78, 5) is 24.3. The lowest BCUT2D eigenvalue weighted by molar-refractivity contribution is -0.115. The van der Waals surface area contributed by atoms with Gasteiger partial charge in [-0.1, -0.05) is 30.8 Å². The van der Waals surface area contributed by atoms with Crippen molar-refractivity contribution in [3.63, 3.8) is 0 Å². The van der Waals surface area contributed by atoms with Gasteiger partial charge in [-0.3, -0.25) is 4.79 Å². The first kappa shape index (κ1) is 15.6. The number of nitrogens with zero attached hydrogens (tertiary/aromatic N) is 2. The number of pyridine rings is 1. The van der Waals surface area contributed by atoms with Crippen LogP contribution in [0.15, 0.2) is 47.8 Å². The van der Waals surface area contributed by atoms with Crippen molar-refractivity contribution in [1.29, 1.82) is 0 Å². The molecule has 0 unspecified atom stereocenters. The highest BCUT2D eigenvalue weighted by Gasteiger charge is 2.20. The molecule has 3 aromatic rings. The van der Waals surface area contributed by atoms with Crippen molar-refractivity contribution < 1.29 is 4.79 Å². The Kier molecular flexibility index (Phi) is 4.62. The number of H-pyrrole nitrogens is 1. The molecule has 0 radical (unpaired) electrons. The van der Waals surface area contributed by atoms with Crippen molar-refractivity contribution in [2.24, 2.45) is 0 Å². The van der Waals surface area contributed by atoms with E-state index >= 15 is 0 Å². The van der Waals surface area contributed by atoms with E-state index in [0.29, 0.717) is 17.2 Å². The molecule has 0 aliphatic carbocycles. The quantitative estimate of drug-likeness (QED) is 0.700. The van der Waals surface area contributed by atoms with E-state index in [9.17, 15) is 4.79 Å². The average molecular weight is 326 g/mol. The average Bonchev–Trinajstić information content (AvgIpc) is 2.95. The van der Waals surface area contributed by atoms with E-state index in [-0.39, 0.29) is 11.2 Å². The fourth-order valence-electron chi connectivity index (χ4n) is 2.28. The lowest BCUT2D eigenvalue weighted by Crippen LogP contribution is -2.24. The fourth-order valence-corrected chi connectivity index (χ4v) is 3.19. The minimum Gasteiger partial charge on any atom is -0.332 e. The molecule has 5 nitrogen and oxygen atoms in total. The predicted octanol–water partition coefficient (Wildman–Crippen LogP) is 3.78. The molecule has 0 spiro atoms. The Morgan fingerprint density at radius 2 is 2.22 bits per heavy atom. The van der Waals surface area contributed by atoms with Crippen molar-refractivity contribution in [2.45, 2.75) is 30.7 Å². The van der Waals surface area contributed by atoms with E-state index in [1.54, 1.807) is 6.20 Å². The molecule has 1 amide bonds. The summed E-state index contributed by atoms with van der Waals surface area (Å²) >= 11 is 1.43. The number of hydrogen-bond donors (Lipinski definition) is 2. The van der Waals surface area contributed by atoms with Crippen molar-refractivity contribution >= 4 is 34.5 Å². The number of hydrogen-bond acceptors (Lipinski definition) is 4. The molecule has 2 aromatic heterocycles. The Morgan fingerprint density at radius 1 is 1.35 bits per heavy atom. The summed E-state index contributed by atoms with van der Waals surface area (Å²) in [5, 5.41) is 3.47. The van der Waals surface area contributed by atoms with E-state index in [2.05, 4.69) is 20.3 Å². The van der Waals surface area contributed by atoms with Crippen LogP contribution in [0.25, 0.3) is 11.2 Å². The molecule has 118 valence electrons. The molecule has 0 fully saturated rings. The van der Waals surface area contributed by atoms with Crippen LogP contribution in [0.4, 0.5) is 5.69 Å². The molecule has 23 heavy (non-hydrogen) atoms. The van der Waals surface area contributed by atoms with Crippen molar-refractivity contribution in [1.82, 2.24) is 15.0 Å². The number of carbonyl (C=O) groups excluding carboxylic acids is 1. The van der Waals surface area contributed by atoms with E-state index in [1.165, 1.54) is 11.8 Å². The van der Waals surface area contributed by atoms with Gasteiger partial charge in [0.15, 0.2) is 10.8 Å². The second-order valence-corrected chi connectivity index (χ2v) is 6.48. The third kappa shape index (κ3) is 3.71. The largest absolute Gasteiger partial charge is 0.332 e. The maximum Gasteiger partial charge on any atom is 0.237 e. The van der Waals surface area contributed by atoms with Gasteiger partial charge in [0.2, 0.25) is 5.91 Å². The number of nitrogens with one attached hydrogen (secondary N) is 2. The summed E-state index contributed by atoms with van der Waals surface area (Å²) in [6, 6.07) is 11.6. The van der Waals surface area contributed by atoms with Crippen LogP contribution in [-0.2, 0) is 4.79 Å². The van der Waals surface area contributed by atoms with Crippen LogP contribution in [0.3, 0.4) is 0 Å². The van der Waals surface area contributed by atoms with Gasteiger partial charge in [-0.15, -0.1) is 0 Å². The van der Waals surface area contributed by atoms with Crippen LogP contribution in [0.5, 0.6) is 0 Å². The molecule has 3 rings (SSSR count). The van der Waals surface area contributed by atoms with Gasteiger partial charge in [0, 0.05) is 11.9 Å². The molecule has 0 bridgehead atoms. The highest BCUT2D eigenvalue weighted by atomic mass is 32.2. The lowest BCUT2D eigenvalue weighted by atomic mass is 10.2. The van der Waals surface area contributed by atoms with Crippen molar-refractivity contribution in [2.75, 3.05) is 5.32 Å². The smallest absolute Gasteiger partial charge is 0.237 e. The van der Waals surface area contributed by atoms with Gasteiger partial charge < -0.3 is 10.3 Å². The molecular weight excluding hydrogens is 308 g/mol. The highest BCUT2D eigenvalue weighted by Crippen LogP contribution is 2.25. The van der Waals surface area contributed by atoms with Crippen LogP contribution in [0.1, 0.15) is 18.9 Å². The minimum atomic E-state index is -0.212. The Bertz CT molecular complexity index is 797. The minimum absolute atomic E-state index is 0.0171. The number of thioether (sulfide) groups is 1. The topological polar surface area (TPSA) is 70.7 Å². The highest BCUT2D eigenvalue weighted by molar-refractivity contribution is 8.00. The maximum absolute atomic E-state index is 12.5. The van der Waals surface area contributed by atoms with Crippen LogP contribution in [0, 0.1) is 6.92 Å². The number of aryl methyl sites for hydroxylation is 1. The third-order valence-electron chi connectivity index (χ3n) is 3.44. The van der Waals surface area contributed by atoms with Crippen LogP contribution < -0.4 is 5.32 Å². The Hall–Kier alpha value is -2.34. The molecule has 0 aliphatic rings. The molecular formula is C17H18N4OS. The van der Waals surface area contributed by atoms with Crippen LogP contribution in [-0.4, -0.2) is 26.1 Å². The zero-order valence-electron chi connectivity index (χ0n) is 13.0. The number of rotatable bonds is 5. The molecule has 0 saturated heterocycles. The lowest BCUT2D eigenvalue weighted by Gasteiger charge is -2.13. The standard InChI is InChI=1S/C17H18N4OS/c1-3-14(16(22)19-12-7-4-6-11(2)10-12)23-17-20-13-8-5-9-18-15(13)21-17/h4-10,14H,3H2,1-2H3,(H,19,22)(H,18,20,21)/t14-/m1/s1. The van der Waals surface area contributed by atoms with E-state index in [0.717, 1.165) is 16.8 Å². The number of aromatic amines is 1. The Balaban J connectivity index is 1.72. The fraction of sp³-hybridized carbons (Fsp3) is 0.235. The molecule has 0 saturated carbocycles. The first-order valence-electron chi connectivity index (χ1n) is 7.50. The summed E-state index contributed by atoms with van der Waals surface area (Å²) < 4.78 is 0.